The molecular formula is C18H13F3N4O2S. The lowest BCUT2D eigenvalue weighted by Gasteiger charge is -2.06. The molecule has 0 radical (unpaired) electrons. The van der Waals surface area contributed by atoms with Gasteiger partial charge in [0.2, 0.25) is 5.13 Å². The van der Waals surface area contributed by atoms with Gasteiger partial charge in [0.1, 0.15) is 5.01 Å². The lowest BCUT2D eigenvalue weighted by molar-refractivity contribution is -0.137. The van der Waals surface area contributed by atoms with Gasteiger partial charge in [0.15, 0.2) is 0 Å². The lowest BCUT2D eigenvalue weighted by atomic mass is 10.1. The summed E-state index contributed by atoms with van der Waals surface area (Å²) in [5.74, 6) is -0.567. The van der Waals surface area contributed by atoms with Crippen molar-refractivity contribution in [3.8, 4) is 10.6 Å². The molecule has 0 aliphatic carbocycles. The Kier molecular flexibility index (Phi) is 5.41. The van der Waals surface area contributed by atoms with Crippen molar-refractivity contribution in [2.45, 2.75) is 13.1 Å². The van der Waals surface area contributed by atoms with Gasteiger partial charge in [-0.3, -0.25) is 15.4 Å². The van der Waals surface area contributed by atoms with Gasteiger partial charge < -0.3 is 0 Å². The normalized spacial score (nSPS) is 11.1. The van der Waals surface area contributed by atoms with Gasteiger partial charge in [0.05, 0.1) is 5.56 Å². The molecule has 10 heteroatoms. The molecule has 0 atom stereocenters. The minimum absolute atomic E-state index is 0.102. The summed E-state index contributed by atoms with van der Waals surface area (Å²) in [7, 11) is 0. The molecule has 0 bridgehead atoms. The Labute approximate surface area is 161 Å². The summed E-state index contributed by atoms with van der Waals surface area (Å²) in [6, 6.07) is 10.4. The number of hydrogen-bond acceptors (Lipinski definition) is 5. The van der Waals surface area contributed by atoms with Gasteiger partial charge in [-0.05, 0) is 30.7 Å². The standard InChI is InChI=1S/C18H13F3N4O2S/c1-10-4-2-3-5-13(10)14(26)22-16(27)23-17-25-24-15(28-17)11-6-8-12(9-7-11)18(19,20)21/h2-9H,1H3,(H2,22,23,25,26,27). The minimum Gasteiger partial charge on any atom is -0.282 e. The van der Waals surface area contributed by atoms with Crippen molar-refractivity contribution in [1.29, 1.82) is 0 Å². The largest absolute Gasteiger partial charge is 0.416 e. The predicted octanol–water partition coefficient (Wildman–Crippen LogP) is 4.49. The molecule has 0 unspecified atom stereocenters. The number of aromatic nitrogens is 2. The molecule has 2 N–H and O–H groups in total. The Balaban J connectivity index is 1.65. The molecule has 3 aromatic rings. The number of anilines is 1. The zero-order valence-electron chi connectivity index (χ0n) is 14.4. The number of urea groups is 1. The first-order valence-electron chi connectivity index (χ1n) is 7.93. The van der Waals surface area contributed by atoms with E-state index >= 15 is 0 Å². The van der Waals surface area contributed by atoms with Crippen LogP contribution in [0.4, 0.5) is 23.1 Å². The highest BCUT2D eigenvalue weighted by atomic mass is 32.1. The first-order valence-corrected chi connectivity index (χ1v) is 8.75. The number of carbonyl (C=O) groups is 2. The molecule has 28 heavy (non-hydrogen) atoms. The maximum Gasteiger partial charge on any atom is 0.416 e. The highest BCUT2D eigenvalue weighted by Crippen LogP contribution is 2.32. The summed E-state index contributed by atoms with van der Waals surface area (Å²) in [4.78, 5) is 24.1. The Morgan fingerprint density at radius 1 is 1.00 bits per heavy atom. The van der Waals surface area contributed by atoms with Crippen LogP contribution in [-0.4, -0.2) is 22.1 Å². The van der Waals surface area contributed by atoms with Crippen molar-refractivity contribution in [2.75, 3.05) is 5.32 Å². The van der Waals surface area contributed by atoms with Crippen LogP contribution in [-0.2, 0) is 6.18 Å². The van der Waals surface area contributed by atoms with Crippen molar-refractivity contribution in [3.05, 3.63) is 65.2 Å². The van der Waals surface area contributed by atoms with Crippen LogP contribution in [0.1, 0.15) is 21.5 Å². The van der Waals surface area contributed by atoms with Crippen LogP contribution in [0.5, 0.6) is 0 Å². The summed E-state index contributed by atoms with van der Waals surface area (Å²) in [6.07, 6.45) is -4.42. The van der Waals surface area contributed by atoms with E-state index in [0.717, 1.165) is 23.5 Å². The number of halogens is 3. The van der Waals surface area contributed by atoms with E-state index in [9.17, 15) is 22.8 Å². The van der Waals surface area contributed by atoms with E-state index in [1.165, 1.54) is 12.1 Å². The average molecular weight is 406 g/mol. The molecule has 0 saturated heterocycles. The molecule has 6 nitrogen and oxygen atoms in total. The molecule has 3 amide bonds. The van der Waals surface area contributed by atoms with Gasteiger partial charge in [-0.15, -0.1) is 10.2 Å². The zero-order valence-corrected chi connectivity index (χ0v) is 15.2. The van der Waals surface area contributed by atoms with E-state index in [4.69, 9.17) is 0 Å². The second-order valence-electron chi connectivity index (χ2n) is 5.71. The highest BCUT2D eigenvalue weighted by Gasteiger charge is 2.30. The molecule has 0 spiro atoms. The second-order valence-corrected chi connectivity index (χ2v) is 6.69. The topological polar surface area (TPSA) is 84.0 Å². The molecule has 144 valence electrons. The van der Waals surface area contributed by atoms with Gasteiger partial charge >= 0.3 is 12.2 Å². The van der Waals surface area contributed by atoms with Crippen molar-refractivity contribution < 1.29 is 22.8 Å². The fourth-order valence-electron chi connectivity index (χ4n) is 2.32. The van der Waals surface area contributed by atoms with Crippen LogP contribution in [0.2, 0.25) is 0 Å². The summed E-state index contributed by atoms with van der Waals surface area (Å²) in [5, 5.41) is 12.6. The van der Waals surface area contributed by atoms with Gasteiger partial charge in [0, 0.05) is 11.1 Å². The highest BCUT2D eigenvalue weighted by molar-refractivity contribution is 7.18. The molecule has 1 heterocycles. The fraction of sp³-hybridized carbons (Fsp3) is 0.111. The van der Waals surface area contributed by atoms with Crippen molar-refractivity contribution in [2.24, 2.45) is 0 Å². The first-order chi connectivity index (χ1) is 13.2. The van der Waals surface area contributed by atoms with Crippen LogP contribution in [0.15, 0.2) is 48.5 Å². The van der Waals surface area contributed by atoms with Crippen molar-refractivity contribution in [1.82, 2.24) is 15.5 Å². The summed E-state index contributed by atoms with van der Waals surface area (Å²) < 4.78 is 37.8. The minimum atomic E-state index is -4.42. The number of hydrogen-bond donors (Lipinski definition) is 2. The third-order valence-electron chi connectivity index (χ3n) is 3.72. The maximum atomic E-state index is 12.6. The second kappa shape index (κ2) is 7.77. The third kappa shape index (κ3) is 4.52. The lowest BCUT2D eigenvalue weighted by Crippen LogP contribution is -2.34. The number of carbonyl (C=O) groups excluding carboxylic acids is 2. The number of benzene rings is 2. The number of nitrogens with zero attached hydrogens (tertiary/aromatic N) is 2. The summed E-state index contributed by atoms with van der Waals surface area (Å²) in [6.45, 7) is 1.74. The van der Waals surface area contributed by atoms with E-state index in [1.54, 1.807) is 31.2 Å². The van der Waals surface area contributed by atoms with Gasteiger partial charge in [-0.2, -0.15) is 13.2 Å². The number of amides is 3. The van der Waals surface area contributed by atoms with Crippen LogP contribution >= 0.6 is 11.3 Å². The molecular weight excluding hydrogens is 393 g/mol. The van der Waals surface area contributed by atoms with Crippen molar-refractivity contribution >= 4 is 28.4 Å². The molecule has 1 aromatic heterocycles. The van der Waals surface area contributed by atoms with Crippen LogP contribution in [0.25, 0.3) is 10.6 Å². The van der Waals surface area contributed by atoms with E-state index in [-0.39, 0.29) is 5.13 Å². The van der Waals surface area contributed by atoms with Gasteiger partial charge in [-0.25, -0.2) is 4.79 Å². The van der Waals surface area contributed by atoms with Crippen LogP contribution in [0.3, 0.4) is 0 Å². The van der Waals surface area contributed by atoms with E-state index in [0.29, 0.717) is 21.7 Å². The SMILES string of the molecule is Cc1ccccc1C(=O)NC(=O)Nc1nnc(-c2ccc(C(F)(F)F)cc2)s1. The zero-order chi connectivity index (χ0) is 20.3. The number of alkyl halides is 3. The maximum absolute atomic E-state index is 12.6. The van der Waals surface area contributed by atoms with Crippen LogP contribution in [0, 0.1) is 6.92 Å². The summed E-state index contributed by atoms with van der Waals surface area (Å²) >= 11 is 0.967. The molecule has 0 aliphatic rings. The van der Waals surface area contributed by atoms with Crippen LogP contribution < -0.4 is 10.6 Å². The van der Waals surface area contributed by atoms with Crippen molar-refractivity contribution in [3.63, 3.8) is 0 Å². The van der Waals surface area contributed by atoms with Gasteiger partial charge in [-0.1, -0.05) is 41.7 Å². The smallest absolute Gasteiger partial charge is 0.282 e. The number of nitrogens with one attached hydrogen (secondary N) is 2. The van der Waals surface area contributed by atoms with E-state index in [1.807, 2.05) is 0 Å². The molecule has 0 fully saturated rings. The number of rotatable bonds is 3. The Morgan fingerprint density at radius 2 is 1.68 bits per heavy atom. The molecule has 2 aromatic carbocycles. The van der Waals surface area contributed by atoms with E-state index < -0.39 is 23.7 Å². The summed E-state index contributed by atoms with van der Waals surface area (Å²) in [5.41, 5.74) is 0.733. The predicted molar refractivity (Wildman–Crippen MR) is 98.0 cm³/mol. The molecule has 3 rings (SSSR count). The fourth-order valence-corrected chi connectivity index (χ4v) is 3.06. The molecule has 0 aliphatic heterocycles. The quantitative estimate of drug-likeness (QED) is 0.671. The monoisotopic (exact) mass is 406 g/mol. The Morgan fingerprint density at radius 3 is 2.32 bits per heavy atom. The first kappa shape index (κ1) is 19.5. The number of aryl methyl sites for hydroxylation is 1. The average Bonchev–Trinajstić information content (AvgIpc) is 3.09. The number of imide groups is 1. The van der Waals surface area contributed by atoms with Gasteiger partial charge in [0.25, 0.3) is 5.91 Å². The Bertz CT molecular complexity index is 1020. The third-order valence-corrected chi connectivity index (χ3v) is 4.61. The van der Waals surface area contributed by atoms with E-state index in [2.05, 4.69) is 20.8 Å². The molecule has 0 saturated carbocycles. The Hall–Kier alpha value is -3.27.